The third-order valence-electron chi connectivity index (χ3n) is 5.18. The maximum absolute atomic E-state index is 12.7. The van der Waals surface area contributed by atoms with Crippen molar-refractivity contribution in [1.29, 1.82) is 5.26 Å². The van der Waals surface area contributed by atoms with E-state index in [9.17, 15) is 18.5 Å². The minimum Gasteiger partial charge on any atom is -0.338 e. The molecular formula is C18H25N3O3S2. The first-order valence-corrected chi connectivity index (χ1v) is 11.5. The van der Waals surface area contributed by atoms with E-state index in [0.717, 1.165) is 49.9 Å². The predicted octanol–water partition coefficient (Wildman–Crippen LogP) is 2.81. The minimum atomic E-state index is -3.45. The Hall–Kier alpha value is -1.43. The fourth-order valence-electron chi connectivity index (χ4n) is 3.71. The standard InChI is InChI=1S/C18H25N3O3S2/c19-14-18(9-3-1-4-10-18)20-16(22)13-15-7-8-17(25-15)26(23,24)21-11-5-2-6-12-21/h7-8H,1-6,9-13H2,(H,20,22). The van der Waals surface area contributed by atoms with Crippen LogP contribution in [0.5, 0.6) is 0 Å². The molecule has 6 nitrogen and oxygen atoms in total. The molecule has 142 valence electrons. The smallest absolute Gasteiger partial charge is 0.252 e. The lowest BCUT2D eigenvalue weighted by Crippen LogP contribution is -2.49. The molecule has 2 fully saturated rings. The molecule has 0 bridgehead atoms. The Labute approximate surface area is 159 Å². The van der Waals surface area contributed by atoms with Crippen LogP contribution in [0.1, 0.15) is 56.2 Å². The molecule has 0 atom stereocenters. The molecule has 0 aromatic carbocycles. The molecule has 0 spiro atoms. The number of amides is 1. The highest BCUT2D eigenvalue weighted by Gasteiger charge is 2.34. The van der Waals surface area contributed by atoms with Crippen LogP contribution in [0.4, 0.5) is 0 Å². The number of carbonyl (C=O) groups is 1. The molecule has 1 aromatic rings. The van der Waals surface area contributed by atoms with E-state index in [1.165, 1.54) is 0 Å². The average Bonchev–Trinajstić information content (AvgIpc) is 3.12. The zero-order chi connectivity index (χ0) is 18.6. The Morgan fingerprint density at radius 3 is 2.46 bits per heavy atom. The van der Waals surface area contributed by atoms with Crippen LogP contribution in [0.3, 0.4) is 0 Å². The van der Waals surface area contributed by atoms with Gasteiger partial charge in [0.15, 0.2) is 0 Å². The van der Waals surface area contributed by atoms with Gasteiger partial charge in [-0.3, -0.25) is 4.79 Å². The summed E-state index contributed by atoms with van der Waals surface area (Å²) in [5.74, 6) is -0.211. The molecule has 0 unspecified atom stereocenters. The van der Waals surface area contributed by atoms with Crippen LogP contribution in [-0.2, 0) is 21.2 Å². The molecular weight excluding hydrogens is 370 g/mol. The molecule has 1 aromatic heterocycles. The number of nitrogens with zero attached hydrogens (tertiary/aromatic N) is 2. The van der Waals surface area contributed by atoms with Gasteiger partial charge in [-0.05, 0) is 37.8 Å². The molecule has 1 saturated heterocycles. The monoisotopic (exact) mass is 395 g/mol. The quantitative estimate of drug-likeness (QED) is 0.830. The van der Waals surface area contributed by atoms with E-state index in [1.54, 1.807) is 16.4 Å². The summed E-state index contributed by atoms with van der Waals surface area (Å²) in [5, 5.41) is 12.4. The Kier molecular flexibility index (Phi) is 6.00. The third-order valence-corrected chi connectivity index (χ3v) is 8.63. The zero-order valence-electron chi connectivity index (χ0n) is 14.9. The number of hydrogen-bond acceptors (Lipinski definition) is 5. The van der Waals surface area contributed by atoms with E-state index in [2.05, 4.69) is 11.4 Å². The number of nitriles is 1. The number of hydrogen-bond donors (Lipinski definition) is 1. The highest BCUT2D eigenvalue weighted by Crippen LogP contribution is 2.29. The number of carbonyl (C=O) groups excluding carboxylic acids is 1. The van der Waals surface area contributed by atoms with Crippen LogP contribution in [0, 0.1) is 11.3 Å². The van der Waals surface area contributed by atoms with Crippen molar-refractivity contribution in [2.24, 2.45) is 0 Å². The largest absolute Gasteiger partial charge is 0.338 e. The van der Waals surface area contributed by atoms with Crippen LogP contribution in [0.15, 0.2) is 16.3 Å². The summed E-state index contributed by atoms with van der Waals surface area (Å²) in [7, 11) is -3.45. The number of rotatable bonds is 5. The molecule has 1 amide bonds. The number of nitrogens with one attached hydrogen (secondary N) is 1. The van der Waals surface area contributed by atoms with Gasteiger partial charge in [0.2, 0.25) is 5.91 Å². The van der Waals surface area contributed by atoms with E-state index in [0.29, 0.717) is 35.0 Å². The predicted molar refractivity (Wildman–Crippen MR) is 100 cm³/mol. The maximum Gasteiger partial charge on any atom is 0.252 e. The van der Waals surface area contributed by atoms with Crippen LogP contribution < -0.4 is 5.32 Å². The lowest BCUT2D eigenvalue weighted by atomic mass is 9.83. The van der Waals surface area contributed by atoms with Gasteiger partial charge < -0.3 is 5.32 Å². The first-order valence-electron chi connectivity index (χ1n) is 9.26. The van der Waals surface area contributed by atoms with Gasteiger partial charge >= 0.3 is 0 Å². The van der Waals surface area contributed by atoms with E-state index in [4.69, 9.17) is 0 Å². The van der Waals surface area contributed by atoms with Gasteiger partial charge in [0, 0.05) is 18.0 Å². The minimum absolute atomic E-state index is 0.115. The van der Waals surface area contributed by atoms with Crippen molar-refractivity contribution in [3.05, 3.63) is 17.0 Å². The van der Waals surface area contributed by atoms with E-state index < -0.39 is 15.6 Å². The van der Waals surface area contributed by atoms with Gasteiger partial charge in [-0.25, -0.2) is 8.42 Å². The third kappa shape index (κ3) is 4.27. The van der Waals surface area contributed by atoms with Crippen molar-refractivity contribution >= 4 is 27.3 Å². The van der Waals surface area contributed by atoms with Crippen LogP contribution >= 0.6 is 11.3 Å². The van der Waals surface area contributed by atoms with Crippen molar-refractivity contribution in [3.63, 3.8) is 0 Å². The Bertz CT molecular complexity index is 783. The fraction of sp³-hybridized carbons (Fsp3) is 0.667. The van der Waals surface area contributed by atoms with Crippen molar-refractivity contribution < 1.29 is 13.2 Å². The summed E-state index contributed by atoms with van der Waals surface area (Å²) in [6.07, 6.45) is 7.36. The Morgan fingerprint density at radius 2 is 1.81 bits per heavy atom. The van der Waals surface area contributed by atoms with Crippen molar-refractivity contribution in [2.75, 3.05) is 13.1 Å². The molecule has 1 aliphatic carbocycles. The molecule has 1 aliphatic heterocycles. The van der Waals surface area contributed by atoms with E-state index >= 15 is 0 Å². The normalized spacial score (nSPS) is 21.0. The number of thiophene rings is 1. The summed E-state index contributed by atoms with van der Waals surface area (Å²) in [4.78, 5) is 13.1. The van der Waals surface area contributed by atoms with Crippen molar-refractivity contribution in [1.82, 2.24) is 9.62 Å². The van der Waals surface area contributed by atoms with Gasteiger partial charge in [0.05, 0.1) is 12.5 Å². The van der Waals surface area contributed by atoms with Crippen molar-refractivity contribution in [2.45, 2.75) is 67.5 Å². The molecule has 2 heterocycles. The molecule has 2 aliphatic rings. The second-order valence-corrected chi connectivity index (χ2v) is 10.5. The lowest BCUT2D eigenvalue weighted by molar-refractivity contribution is -0.122. The molecule has 26 heavy (non-hydrogen) atoms. The Balaban J connectivity index is 1.64. The molecule has 1 N–H and O–H groups in total. The Morgan fingerprint density at radius 1 is 1.15 bits per heavy atom. The number of piperidine rings is 1. The van der Waals surface area contributed by atoms with Gasteiger partial charge in [-0.15, -0.1) is 11.3 Å². The van der Waals surface area contributed by atoms with E-state index in [1.807, 2.05) is 0 Å². The van der Waals surface area contributed by atoms with Gasteiger partial charge in [0.1, 0.15) is 9.75 Å². The zero-order valence-corrected chi connectivity index (χ0v) is 16.5. The summed E-state index contributed by atoms with van der Waals surface area (Å²) >= 11 is 1.16. The summed E-state index contributed by atoms with van der Waals surface area (Å²) in [5.41, 5.74) is -0.755. The van der Waals surface area contributed by atoms with Crippen LogP contribution in [-0.4, -0.2) is 37.3 Å². The first kappa shape index (κ1) is 19.3. The second-order valence-electron chi connectivity index (χ2n) is 7.17. The maximum atomic E-state index is 12.7. The lowest BCUT2D eigenvalue weighted by Gasteiger charge is -2.31. The topological polar surface area (TPSA) is 90.3 Å². The van der Waals surface area contributed by atoms with Gasteiger partial charge in [-0.2, -0.15) is 9.57 Å². The van der Waals surface area contributed by atoms with Gasteiger partial charge in [0.25, 0.3) is 10.0 Å². The summed E-state index contributed by atoms with van der Waals surface area (Å²) in [6, 6.07) is 5.58. The molecule has 0 radical (unpaired) electrons. The first-order chi connectivity index (χ1) is 12.5. The second kappa shape index (κ2) is 8.07. The van der Waals surface area contributed by atoms with Crippen molar-refractivity contribution in [3.8, 4) is 6.07 Å². The fourth-order valence-corrected chi connectivity index (χ4v) is 6.74. The molecule has 8 heteroatoms. The van der Waals surface area contributed by atoms with Crippen LogP contribution in [0.2, 0.25) is 0 Å². The molecule has 3 rings (SSSR count). The summed E-state index contributed by atoms with van der Waals surface area (Å²) in [6.45, 7) is 1.14. The highest BCUT2D eigenvalue weighted by atomic mass is 32.2. The highest BCUT2D eigenvalue weighted by molar-refractivity contribution is 7.91. The molecule has 1 saturated carbocycles. The average molecular weight is 396 g/mol. The SMILES string of the molecule is N#CC1(NC(=O)Cc2ccc(S(=O)(=O)N3CCCCC3)s2)CCCCC1. The summed E-state index contributed by atoms with van der Waals surface area (Å²) < 4.78 is 27.2. The number of sulfonamides is 1. The van der Waals surface area contributed by atoms with E-state index in [-0.39, 0.29) is 12.3 Å². The van der Waals surface area contributed by atoms with Gasteiger partial charge in [-0.1, -0.05) is 25.7 Å². The van der Waals surface area contributed by atoms with Crippen LogP contribution in [0.25, 0.3) is 0 Å².